The summed E-state index contributed by atoms with van der Waals surface area (Å²) >= 11 is 4.44. The van der Waals surface area contributed by atoms with E-state index in [-0.39, 0.29) is 0 Å². The van der Waals surface area contributed by atoms with Crippen molar-refractivity contribution in [3.8, 4) is 0 Å². The molecule has 2 N–H and O–H groups in total. The molecule has 0 fully saturated rings. The van der Waals surface area contributed by atoms with Gasteiger partial charge in [0.15, 0.2) is 0 Å². The normalized spacial score (nSPS) is 11.7. The first-order chi connectivity index (χ1) is 7.69. The minimum atomic E-state index is 0.556. The zero-order valence-electron chi connectivity index (χ0n) is 9.45. The number of allylic oxidation sites excluding steroid dienone is 1. The Kier molecular flexibility index (Phi) is 4.92. The molecule has 0 unspecified atom stereocenters. The average Bonchev–Trinajstić information content (AvgIpc) is 2.35. The second kappa shape index (κ2) is 6.23. The highest BCUT2D eigenvalue weighted by Crippen LogP contribution is 2.21. The van der Waals surface area contributed by atoms with Gasteiger partial charge < -0.3 is 10.6 Å². The molecular weight excluding hydrogens is 220 g/mol. The van der Waals surface area contributed by atoms with Gasteiger partial charge in [-0.15, -0.1) is 12.6 Å². The van der Waals surface area contributed by atoms with Crippen molar-refractivity contribution in [3.05, 3.63) is 41.1 Å². The average molecular weight is 236 g/mol. The van der Waals surface area contributed by atoms with Gasteiger partial charge in [0, 0.05) is 24.2 Å². The van der Waals surface area contributed by atoms with Gasteiger partial charge in [0.25, 0.3) is 0 Å². The van der Waals surface area contributed by atoms with Crippen LogP contribution in [0.4, 0.5) is 0 Å². The molecule has 16 heavy (non-hydrogen) atoms. The molecular formula is C12H16N2OS. The molecule has 0 spiro atoms. The third-order valence-corrected chi connectivity index (χ3v) is 2.94. The van der Waals surface area contributed by atoms with Crippen LogP contribution < -0.4 is 10.6 Å². The summed E-state index contributed by atoms with van der Waals surface area (Å²) in [5, 5.41) is 5.68. The van der Waals surface area contributed by atoms with Crippen LogP contribution in [-0.2, 0) is 11.3 Å². The van der Waals surface area contributed by atoms with E-state index in [9.17, 15) is 4.79 Å². The lowest BCUT2D eigenvalue weighted by Gasteiger charge is -2.07. The van der Waals surface area contributed by atoms with E-state index in [1.54, 1.807) is 0 Å². The largest absolute Gasteiger partial charge is 0.391 e. The monoisotopic (exact) mass is 236 g/mol. The second-order valence-corrected chi connectivity index (χ2v) is 3.87. The maximum Gasteiger partial charge on any atom is 0.207 e. The Balaban J connectivity index is 2.82. The fourth-order valence-electron chi connectivity index (χ4n) is 1.27. The highest BCUT2D eigenvalue weighted by molar-refractivity contribution is 7.90. The summed E-state index contributed by atoms with van der Waals surface area (Å²) in [6.07, 6.45) is 0.697. The van der Waals surface area contributed by atoms with Crippen molar-refractivity contribution < 1.29 is 4.79 Å². The van der Waals surface area contributed by atoms with Crippen molar-refractivity contribution in [2.45, 2.75) is 13.5 Å². The van der Waals surface area contributed by atoms with Crippen molar-refractivity contribution in [2.75, 3.05) is 7.05 Å². The highest BCUT2D eigenvalue weighted by atomic mass is 32.1. The standard InChI is InChI=1S/C12H16N2OS/c1-9(13-2)12(16)11-5-3-10(4-6-11)7-14-8-15/h3-6,8,13,16H,7H2,1-2H3,(H,14,15)/b12-9-. The third-order valence-electron chi connectivity index (χ3n) is 2.35. The minimum absolute atomic E-state index is 0.556. The van der Waals surface area contributed by atoms with Gasteiger partial charge in [-0.2, -0.15) is 0 Å². The summed E-state index contributed by atoms with van der Waals surface area (Å²) in [7, 11) is 1.87. The van der Waals surface area contributed by atoms with Crippen LogP contribution in [0, 0.1) is 0 Å². The Morgan fingerprint density at radius 1 is 1.38 bits per heavy atom. The van der Waals surface area contributed by atoms with E-state index in [0.29, 0.717) is 13.0 Å². The summed E-state index contributed by atoms with van der Waals surface area (Å²) in [6, 6.07) is 7.94. The summed E-state index contributed by atoms with van der Waals surface area (Å²) in [5.41, 5.74) is 3.16. The van der Waals surface area contributed by atoms with Crippen LogP contribution in [-0.4, -0.2) is 13.5 Å². The van der Waals surface area contributed by atoms with E-state index in [4.69, 9.17) is 0 Å². The lowest BCUT2D eigenvalue weighted by molar-refractivity contribution is -0.109. The van der Waals surface area contributed by atoms with Crippen molar-refractivity contribution in [2.24, 2.45) is 0 Å². The van der Waals surface area contributed by atoms with Crippen LogP contribution in [0.5, 0.6) is 0 Å². The molecule has 1 aromatic rings. The number of rotatable bonds is 5. The van der Waals surface area contributed by atoms with E-state index in [1.165, 1.54) is 0 Å². The molecule has 0 saturated heterocycles. The van der Waals surface area contributed by atoms with Crippen LogP contribution in [0.2, 0.25) is 0 Å². The molecule has 0 bridgehead atoms. The topological polar surface area (TPSA) is 41.1 Å². The van der Waals surface area contributed by atoms with Crippen molar-refractivity contribution in [1.29, 1.82) is 0 Å². The zero-order chi connectivity index (χ0) is 12.0. The molecule has 1 rings (SSSR count). The molecule has 86 valence electrons. The van der Waals surface area contributed by atoms with Crippen molar-refractivity contribution >= 4 is 23.9 Å². The lowest BCUT2D eigenvalue weighted by atomic mass is 10.1. The highest BCUT2D eigenvalue weighted by Gasteiger charge is 2.00. The number of hydrogen-bond acceptors (Lipinski definition) is 3. The SMILES string of the molecule is CN/C(C)=C(\S)c1ccc(CNC=O)cc1. The predicted molar refractivity (Wildman–Crippen MR) is 70.0 cm³/mol. The maximum absolute atomic E-state index is 10.1. The summed E-state index contributed by atoms with van der Waals surface area (Å²) in [6.45, 7) is 2.53. The fraction of sp³-hybridized carbons (Fsp3) is 0.250. The first-order valence-corrected chi connectivity index (χ1v) is 5.47. The molecule has 1 aromatic carbocycles. The van der Waals surface area contributed by atoms with Gasteiger partial charge in [-0.25, -0.2) is 0 Å². The molecule has 0 saturated carbocycles. The molecule has 0 heterocycles. The maximum atomic E-state index is 10.1. The molecule has 0 aliphatic heterocycles. The van der Waals surface area contributed by atoms with E-state index in [1.807, 2.05) is 38.2 Å². The Morgan fingerprint density at radius 3 is 2.50 bits per heavy atom. The molecule has 1 amide bonds. The Labute approximate surface area is 101 Å². The minimum Gasteiger partial charge on any atom is -0.391 e. The van der Waals surface area contributed by atoms with Crippen molar-refractivity contribution in [1.82, 2.24) is 10.6 Å². The van der Waals surface area contributed by atoms with Crippen LogP contribution in [0.3, 0.4) is 0 Å². The van der Waals surface area contributed by atoms with Crippen LogP contribution in [0.1, 0.15) is 18.1 Å². The zero-order valence-corrected chi connectivity index (χ0v) is 10.3. The van der Waals surface area contributed by atoms with Crippen LogP contribution in [0.15, 0.2) is 30.0 Å². The number of carbonyl (C=O) groups excluding carboxylic acids is 1. The summed E-state index contributed by atoms with van der Waals surface area (Å²) in [4.78, 5) is 11.1. The van der Waals surface area contributed by atoms with Gasteiger partial charge in [0.05, 0.1) is 0 Å². The number of nitrogens with one attached hydrogen (secondary N) is 2. The molecule has 0 aromatic heterocycles. The molecule has 0 radical (unpaired) electrons. The Hall–Kier alpha value is -1.42. The first-order valence-electron chi connectivity index (χ1n) is 5.03. The van der Waals surface area contributed by atoms with Crippen molar-refractivity contribution in [3.63, 3.8) is 0 Å². The predicted octanol–water partition coefficient (Wildman–Crippen LogP) is 1.77. The van der Waals surface area contributed by atoms with E-state index >= 15 is 0 Å². The van der Waals surface area contributed by atoms with Crippen LogP contribution >= 0.6 is 12.6 Å². The number of thiol groups is 1. The number of hydrogen-bond donors (Lipinski definition) is 3. The smallest absolute Gasteiger partial charge is 0.207 e. The van der Waals surface area contributed by atoms with E-state index in [2.05, 4.69) is 23.3 Å². The molecule has 0 aliphatic rings. The van der Waals surface area contributed by atoms with Gasteiger partial charge >= 0.3 is 0 Å². The van der Waals surface area contributed by atoms with E-state index < -0.39 is 0 Å². The van der Waals surface area contributed by atoms with Crippen LogP contribution in [0.25, 0.3) is 4.91 Å². The summed E-state index contributed by atoms with van der Waals surface area (Å²) in [5.74, 6) is 0. The van der Waals surface area contributed by atoms with Gasteiger partial charge in [-0.05, 0) is 18.1 Å². The Bertz CT molecular complexity index is 385. The van der Waals surface area contributed by atoms with Gasteiger partial charge in [-0.1, -0.05) is 24.3 Å². The Morgan fingerprint density at radius 2 is 2.00 bits per heavy atom. The van der Waals surface area contributed by atoms with Gasteiger partial charge in [0.1, 0.15) is 0 Å². The molecule has 0 atom stereocenters. The molecule has 3 nitrogen and oxygen atoms in total. The van der Waals surface area contributed by atoms with Gasteiger partial charge in [-0.3, -0.25) is 4.79 Å². The quantitative estimate of drug-likeness (QED) is 0.539. The first kappa shape index (κ1) is 12.6. The summed E-state index contributed by atoms with van der Waals surface area (Å²) < 4.78 is 0. The lowest BCUT2D eigenvalue weighted by Crippen LogP contribution is -2.09. The van der Waals surface area contributed by atoms with Gasteiger partial charge in [0.2, 0.25) is 6.41 Å². The second-order valence-electron chi connectivity index (χ2n) is 3.42. The molecule has 4 heteroatoms. The number of benzene rings is 1. The van der Waals surface area contributed by atoms with E-state index in [0.717, 1.165) is 21.7 Å². The number of amides is 1. The fourth-order valence-corrected chi connectivity index (χ4v) is 1.54. The number of carbonyl (C=O) groups is 1. The third kappa shape index (κ3) is 3.31. The molecule has 0 aliphatic carbocycles.